The Hall–Kier alpha value is -3.89. The Balaban J connectivity index is 1.57. The predicted octanol–water partition coefficient (Wildman–Crippen LogP) is 7.65. The molecule has 2 aliphatic rings. The fourth-order valence-corrected chi connectivity index (χ4v) is 6.78. The first kappa shape index (κ1) is 24.4. The normalized spacial score (nSPS) is 26.5. The second-order valence-electron chi connectivity index (χ2n) is 10.3. The number of fused-ring (bicyclic) bond motifs is 2. The van der Waals surface area contributed by atoms with Crippen LogP contribution in [0.5, 0.6) is 0 Å². The van der Waals surface area contributed by atoms with Gasteiger partial charge in [-0.3, -0.25) is 4.90 Å². The van der Waals surface area contributed by atoms with Crippen molar-refractivity contribution in [3.63, 3.8) is 0 Å². The predicted molar refractivity (Wildman–Crippen MR) is 150 cm³/mol. The second kappa shape index (κ2) is 10.8. The second-order valence-corrected chi connectivity index (χ2v) is 10.3. The van der Waals surface area contributed by atoms with Gasteiger partial charge in [0.1, 0.15) is 0 Å². The molecule has 0 radical (unpaired) electrons. The number of nitrogens with zero attached hydrogens (tertiary/aromatic N) is 1. The molecule has 4 aromatic carbocycles. The summed E-state index contributed by atoms with van der Waals surface area (Å²) in [5, 5.41) is 4.10. The molecule has 2 saturated heterocycles. The van der Waals surface area contributed by atoms with Gasteiger partial charge in [0.25, 0.3) is 0 Å². The fourth-order valence-electron chi connectivity index (χ4n) is 6.78. The van der Waals surface area contributed by atoms with Crippen molar-refractivity contribution in [1.82, 2.24) is 10.2 Å². The summed E-state index contributed by atoms with van der Waals surface area (Å²) in [7, 11) is 0. The number of benzene rings is 4. The zero-order valence-electron chi connectivity index (χ0n) is 21.7. The van der Waals surface area contributed by atoms with Gasteiger partial charge in [0.05, 0.1) is 18.7 Å². The summed E-state index contributed by atoms with van der Waals surface area (Å²) in [4.78, 5) is 16.0. The molecular formula is C34H34N2O2. The molecular weight excluding hydrogens is 468 g/mol. The van der Waals surface area contributed by atoms with Crippen molar-refractivity contribution in [3.05, 3.63) is 144 Å². The molecule has 0 saturated carbocycles. The van der Waals surface area contributed by atoms with Gasteiger partial charge in [-0.15, -0.1) is 0 Å². The van der Waals surface area contributed by atoms with Gasteiger partial charge < -0.3 is 10.1 Å². The van der Waals surface area contributed by atoms with Gasteiger partial charge in [-0.1, -0.05) is 121 Å². The zero-order chi connectivity index (χ0) is 25.9. The Morgan fingerprint density at radius 3 is 1.39 bits per heavy atom. The number of hydrogen-bond acceptors (Lipinski definition) is 3. The van der Waals surface area contributed by atoms with Crippen molar-refractivity contribution in [1.29, 1.82) is 0 Å². The van der Waals surface area contributed by atoms with E-state index in [4.69, 9.17) is 4.74 Å². The van der Waals surface area contributed by atoms with Gasteiger partial charge in [-0.25, -0.2) is 4.79 Å². The van der Waals surface area contributed by atoms with E-state index < -0.39 is 0 Å². The van der Waals surface area contributed by atoms with Crippen LogP contribution in [0.3, 0.4) is 0 Å². The standard InChI is InChI=1S/C34H34N2O2/c1-2-38-34(37)36-32(26-19-11-5-12-20-26)28-23-29(33(36)27-21-13-6-14-22-27)31(25-17-9-4-10-18-25)35-30(28)24-15-7-3-8-16-24/h3-22,28-33,35H,2,23H2,1H3. The van der Waals surface area contributed by atoms with Crippen LogP contribution < -0.4 is 5.32 Å². The van der Waals surface area contributed by atoms with Gasteiger partial charge in [-0.05, 0) is 35.6 Å². The van der Waals surface area contributed by atoms with Crippen LogP contribution in [-0.2, 0) is 4.74 Å². The van der Waals surface area contributed by atoms with Crippen LogP contribution in [0, 0.1) is 11.8 Å². The van der Waals surface area contributed by atoms with Gasteiger partial charge in [0.15, 0.2) is 0 Å². The van der Waals surface area contributed by atoms with E-state index in [9.17, 15) is 4.79 Å². The lowest BCUT2D eigenvalue weighted by Gasteiger charge is -2.57. The van der Waals surface area contributed by atoms with Crippen LogP contribution in [0.2, 0.25) is 0 Å². The molecule has 6 rings (SSSR count). The van der Waals surface area contributed by atoms with E-state index in [2.05, 4.69) is 119 Å². The molecule has 0 aromatic heterocycles. The first-order valence-electron chi connectivity index (χ1n) is 13.7. The number of nitrogens with one attached hydrogen (secondary N) is 1. The number of hydrogen-bond donors (Lipinski definition) is 1. The third-order valence-corrected chi connectivity index (χ3v) is 8.25. The Kier molecular flexibility index (Phi) is 6.98. The maximum atomic E-state index is 14.0. The average molecular weight is 503 g/mol. The van der Waals surface area contributed by atoms with E-state index in [1.165, 1.54) is 11.1 Å². The zero-order valence-corrected chi connectivity index (χ0v) is 21.7. The number of rotatable bonds is 5. The van der Waals surface area contributed by atoms with E-state index >= 15 is 0 Å². The lowest BCUT2D eigenvalue weighted by Crippen LogP contribution is -2.57. The molecule has 2 heterocycles. The maximum Gasteiger partial charge on any atom is 0.410 e. The number of carbonyl (C=O) groups is 1. The molecule has 6 unspecified atom stereocenters. The molecule has 6 atom stereocenters. The van der Waals surface area contributed by atoms with Crippen LogP contribution in [0.1, 0.15) is 59.8 Å². The summed E-state index contributed by atoms with van der Waals surface area (Å²) in [5.41, 5.74) is 4.79. The van der Waals surface area contributed by atoms with E-state index in [0.717, 1.165) is 17.5 Å². The largest absolute Gasteiger partial charge is 0.450 e. The van der Waals surface area contributed by atoms with Crippen molar-refractivity contribution in [2.24, 2.45) is 11.8 Å². The molecule has 1 amide bonds. The molecule has 0 spiro atoms. The monoisotopic (exact) mass is 502 g/mol. The summed E-state index contributed by atoms with van der Waals surface area (Å²) in [5.74, 6) is 0.350. The van der Waals surface area contributed by atoms with Crippen molar-refractivity contribution in [2.75, 3.05) is 6.61 Å². The van der Waals surface area contributed by atoms with Crippen LogP contribution in [0.15, 0.2) is 121 Å². The van der Waals surface area contributed by atoms with Crippen LogP contribution in [0.25, 0.3) is 0 Å². The number of piperidine rings is 2. The highest BCUT2D eigenvalue weighted by Gasteiger charge is 2.55. The molecule has 2 aliphatic heterocycles. The Labute approximate surface area is 225 Å². The van der Waals surface area contributed by atoms with Crippen molar-refractivity contribution < 1.29 is 9.53 Å². The first-order valence-corrected chi connectivity index (χ1v) is 13.7. The molecule has 4 heteroatoms. The topological polar surface area (TPSA) is 41.6 Å². The SMILES string of the molecule is CCOC(=O)N1C(c2ccccc2)C2CC(C(c3ccccc3)NC2c2ccccc2)C1c1ccccc1. The lowest BCUT2D eigenvalue weighted by atomic mass is 9.64. The van der Waals surface area contributed by atoms with E-state index in [-0.39, 0.29) is 42.1 Å². The van der Waals surface area contributed by atoms with Gasteiger partial charge in [0.2, 0.25) is 0 Å². The molecule has 0 aliphatic carbocycles. The van der Waals surface area contributed by atoms with Crippen LogP contribution >= 0.6 is 0 Å². The minimum atomic E-state index is -0.245. The molecule has 38 heavy (non-hydrogen) atoms. The van der Waals surface area contributed by atoms with Crippen LogP contribution in [0.4, 0.5) is 4.79 Å². The number of amides is 1. The quantitative estimate of drug-likeness (QED) is 0.305. The molecule has 2 bridgehead atoms. The highest BCUT2D eigenvalue weighted by molar-refractivity contribution is 5.70. The van der Waals surface area contributed by atoms with Crippen LogP contribution in [-0.4, -0.2) is 17.6 Å². The summed E-state index contributed by atoms with van der Waals surface area (Å²) in [6, 6.07) is 42.3. The van der Waals surface area contributed by atoms with Gasteiger partial charge in [-0.2, -0.15) is 0 Å². The number of ether oxygens (including phenoxy) is 1. The van der Waals surface area contributed by atoms with E-state index in [1.54, 1.807) is 0 Å². The maximum absolute atomic E-state index is 14.0. The summed E-state index contributed by atoms with van der Waals surface area (Å²) in [6.07, 6.45) is 0.742. The van der Waals surface area contributed by atoms with Gasteiger partial charge >= 0.3 is 6.09 Å². The number of likely N-dealkylation sites (tertiary alicyclic amines) is 1. The summed E-state index contributed by atoms with van der Waals surface area (Å²) >= 11 is 0. The summed E-state index contributed by atoms with van der Waals surface area (Å²) in [6.45, 7) is 2.23. The third-order valence-electron chi connectivity index (χ3n) is 8.25. The minimum absolute atomic E-state index is 0.0801. The highest BCUT2D eigenvalue weighted by Crippen LogP contribution is 2.58. The highest BCUT2D eigenvalue weighted by atomic mass is 16.6. The summed E-state index contributed by atoms with van der Waals surface area (Å²) < 4.78 is 5.80. The fraction of sp³-hybridized carbons (Fsp3) is 0.265. The minimum Gasteiger partial charge on any atom is -0.450 e. The van der Waals surface area contributed by atoms with E-state index in [1.807, 2.05) is 19.1 Å². The Morgan fingerprint density at radius 1 is 0.658 bits per heavy atom. The smallest absolute Gasteiger partial charge is 0.410 e. The third kappa shape index (κ3) is 4.50. The molecule has 4 nitrogen and oxygen atoms in total. The van der Waals surface area contributed by atoms with Crippen molar-refractivity contribution >= 4 is 6.09 Å². The van der Waals surface area contributed by atoms with Crippen molar-refractivity contribution in [2.45, 2.75) is 37.5 Å². The number of carbonyl (C=O) groups excluding carboxylic acids is 1. The first-order chi connectivity index (χ1) is 18.8. The Bertz CT molecular complexity index is 1240. The molecule has 2 fully saturated rings. The molecule has 4 aromatic rings. The Morgan fingerprint density at radius 2 is 1.03 bits per heavy atom. The molecule has 192 valence electrons. The lowest BCUT2D eigenvalue weighted by molar-refractivity contribution is -0.0553. The average Bonchev–Trinajstić information content (AvgIpc) is 2.99. The van der Waals surface area contributed by atoms with Gasteiger partial charge in [0, 0.05) is 23.9 Å². The molecule has 1 N–H and O–H groups in total. The van der Waals surface area contributed by atoms with E-state index in [0.29, 0.717) is 6.61 Å². The van der Waals surface area contributed by atoms with Crippen molar-refractivity contribution in [3.8, 4) is 0 Å².